The third-order valence-corrected chi connectivity index (χ3v) is 4.20. The van der Waals surface area contributed by atoms with E-state index in [0.717, 1.165) is 16.7 Å². The first-order valence-corrected chi connectivity index (χ1v) is 8.27. The van der Waals surface area contributed by atoms with E-state index in [1.54, 1.807) is 24.3 Å². The minimum atomic E-state index is -0.802. The summed E-state index contributed by atoms with van der Waals surface area (Å²) in [5.74, 6) is 0.0716. The standard InChI is InChI=1S/C20H15FN4O2/c21-16-8-6-14(7-9-16)15-4-1-3-13(11-15)12-23-18-17-5-2-10-22-19(17)25(27)20(26)24-18/h1-11,27H,12H2,(H,23,24,26). The average Bonchev–Trinajstić information content (AvgIpc) is 2.70. The van der Waals surface area contributed by atoms with Crippen LogP contribution < -0.4 is 11.0 Å². The predicted molar refractivity (Wildman–Crippen MR) is 100 cm³/mol. The Labute approximate surface area is 153 Å². The van der Waals surface area contributed by atoms with Crippen molar-refractivity contribution in [2.75, 3.05) is 5.32 Å². The summed E-state index contributed by atoms with van der Waals surface area (Å²) in [4.78, 5) is 19.7. The van der Waals surface area contributed by atoms with Crippen LogP contribution in [0.4, 0.5) is 10.2 Å². The number of aromatic nitrogens is 3. The third-order valence-electron chi connectivity index (χ3n) is 4.20. The Kier molecular flexibility index (Phi) is 4.25. The van der Waals surface area contributed by atoms with E-state index in [1.165, 1.54) is 18.3 Å². The lowest BCUT2D eigenvalue weighted by atomic mass is 10.0. The Morgan fingerprint density at radius 2 is 1.85 bits per heavy atom. The summed E-state index contributed by atoms with van der Waals surface area (Å²) in [5.41, 5.74) is 2.17. The second-order valence-corrected chi connectivity index (χ2v) is 5.99. The fraction of sp³-hybridized carbons (Fsp3) is 0.0500. The van der Waals surface area contributed by atoms with Crippen molar-refractivity contribution in [1.82, 2.24) is 14.7 Å². The van der Waals surface area contributed by atoms with E-state index in [2.05, 4.69) is 15.3 Å². The van der Waals surface area contributed by atoms with E-state index in [-0.39, 0.29) is 11.5 Å². The lowest BCUT2D eigenvalue weighted by Crippen LogP contribution is -2.23. The molecule has 7 heteroatoms. The van der Waals surface area contributed by atoms with Crippen LogP contribution >= 0.6 is 0 Å². The molecule has 6 nitrogen and oxygen atoms in total. The highest BCUT2D eigenvalue weighted by Gasteiger charge is 2.10. The first-order chi connectivity index (χ1) is 13.1. The van der Waals surface area contributed by atoms with Crippen molar-refractivity contribution in [2.45, 2.75) is 6.54 Å². The van der Waals surface area contributed by atoms with Crippen molar-refractivity contribution in [3.8, 4) is 11.1 Å². The number of hydrogen-bond donors (Lipinski definition) is 2. The minimum Gasteiger partial charge on any atom is -0.422 e. The van der Waals surface area contributed by atoms with Crippen molar-refractivity contribution in [1.29, 1.82) is 0 Å². The van der Waals surface area contributed by atoms with E-state index in [4.69, 9.17) is 0 Å². The number of benzene rings is 2. The molecule has 0 saturated carbocycles. The van der Waals surface area contributed by atoms with Gasteiger partial charge in [0, 0.05) is 12.7 Å². The maximum absolute atomic E-state index is 13.1. The SMILES string of the molecule is O=c1nc(NCc2cccc(-c3ccc(F)cc3)c2)c2cccnc2n1O. The molecular formula is C20H15FN4O2. The summed E-state index contributed by atoms with van der Waals surface area (Å²) in [6, 6.07) is 17.5. The number of nitrogens with one attached hydrogen (secondary N) is 1. The van der Waals surface area contributed by atoms with Crippen LogP contribution in [0.3, 0.4) is 0 Å². The molecule has 2 aromatic heterocycles. The minimum absolute atomic E-state index is 0.139. The van der Waals surface area contributed by atoms with Gasteiger partial charge in [-0.1, -0.05) is 30.3 Å². The Morgan fingerprint density at radius 1 is 1.04 bits per heavy atom. The highest BCUT2D eigenvalue weighted by Crippen LogP contribution is 2.22. The van der Waals surface area contributed by atoms with Crippen LogP contribution in [0.2, 0.25) is 0 Å². The molecule has 4 aromatic rings. The van der Waals surface area contributed by atoms with E-state index < -0.39 is 5.69 Å². The Bertz CT molecular complexity index is 1170. The molecule has 0 atom stereocenters. The first kappa shape index (κ1) is 16.7. The molecule has 27 heavy (non-hydrogen) atoms. The molecule has 134 valence electrons. The summed E-state index contributed by atoms with van der Waals surface area (Å²) in [6.07, 6.45) is 1.49. The van der Waals surface area contributed by atoms with E-state index in [1.807, 2.05) is 24.3 Å². The van der Waals surface area contributed by atoms with Crippen molar-refractivity contribution in [3.63, 3.8) is 0 Å². The Morgan fingerprint density at radius 3 is 2.67 bits per heavy atom. The van der Waals surface area contributed by atoms with Crippen LogP contribution in [0.1, 0.15) is 5.56 Å². The molecule has 0 bridgehead atoms. The van der Waals surface area contributed by atoms with Gasteiger partial charge in [0.25, 0.3) is 0 Å². The molecule has 0 aliphatic rings. The molecule has 0 aliphatic carbocycles. The third kappa shape index (κ3) is 3.35. The molecule has 0 saturated heterocycles. The highest BCUT2D eigenvalue weighted by molar-refractivity contribution is 5.86. The second kappa shape index (κ2) is 6.87. The van der Waals surface area contributed by atoms with Gasteiger partial charge in [0.05, 0.1) is 5.39 Å². The average molecular weight is 362 g/mol. The molecule has 2 N–H and O–H groups in total. The fourth-order valence-corrected chi connectivity index (χ4v) is 2.87. The first-order valence-electron chi connectivity index (χ1n) is 8.27. The zero-order valence-electron chi connectivity index (χ0n) is 14.1. The van der Waals surface area contributed by atoms with Crippen LogP contribution in [0, 0.1) is 5.82 Å². The lowest BCUT2D eigenvalue weighted by Gasteiger charge is -2.10. The van der Waals surface area contributed by atoms with Crippen LogP contribution in [0.5, 0.6) is 0 Å². The van der Waals surface area contributed by atoms with Crippen LogP contribution in [0.25, 0.3) is 22.2 Å². The zero-order chi connectivity index (χ0) is 18.8. The van der Waals surface area contributed by atoms with Gasteiger partial charge in [-0.3, -0.25) is 0 Å². The van der Waals surface area contributed by atoms with Gasteiger partial charge in [0.15, 0.2) is 5.65 Å². The van der Waals surface area contributed by atoms with E-state index in [9.17, 15) is 14.4 Å². The summed E-state index contributed by atoms with van der Waals surface area (Å²) in [5, 5.41) is 13.4. The highest BCUT2D eigenvalue weighted by atomic mass is 19.1. The van der Waals surface area contributed by atoms with Gasteiger partial charge < -0.3 is 10.5 Å². The smallest absolute Gasteiger partial charge is 0.384 e. The van der Waals surface area contributed by atoms with Crippen LogP contribution in [-0.2, 0) is 6.54 Å². The maximum Gasteiger partial charge on any atom is 0.384 e. The normalized spacial score (nSPS) is 10.9. The van der Waals surface area contributed by atoms with Crippen LogP contribution in [0.15, 0.2) is 71.7 Å². The Hall–Kier alpha value is -3.74. The summed E-state index contributed by atoms with van der Waals surface area (Å²) in [7, 11) is 0. The molecule has 2 heterocycles. The van der Waals surface area contributed by atoms with Gasteiger partial charge in [-0.15, -0.1) is 4.73 Å². The number of nitrogens with zero attached hydrogens (tertiary/aromatic N) is 3. The summed E-state index contributed by atoms with van der Waals surface area (Å²) >= 11 is 0. The van der Waals surface area contributed by atoms with E-state index >= 15 is 0 Å². The quantitative estimate of drug-likeness (QED) is 0.544. The largest absolute Gasteiger partial charge is 0.422 e. The molecule has 0 aliphatic heterocycles. The predicted octanol–water partition coefficient (Wildman–Crippen LogP) is 3.45. The lowest BCUT2D eigenvalue weighted by molar-refractivity contribution is 0.182. The van der Waals surface area contributed by atoms with E-state index in [0.29, 0.717) is 22.5 Å². The molecule has 0 unspecified atom stereocenters. The molecule has 0 amide bonds. The molecule has 2 aromatic carbocycles. The molecule has 4 rings (SSSR count). The van der Waals surface area contributed by atoms with Gasteiger partial charge in [0.2, 0.25) is 0 Å². The number of hydrogen-bond acceptors (Lipinski definition) is 5. The zero-order valence-corrected chi connectivity index (χ0v) is 14.1. The molecular weight excluding hydrogens is 347 g/mol. The van der Waals surface area contributed by atoms with Crippen molar-refractivity contribution in [3.05, 3.63) is 88.7 Å². The number of pyridine rings is 1. The van der Waals surface area contributed by atoms with Crippen molar-refractivity contribution in [2.24, 2.45) is 0 Å². The van der Waals surface area contributed by atoms with Crippen molar-refractivity contribution < 1.29 is 9.60 Å². The fourth-order valence-electron chi connectivity index (χ4n) is 2.87. The Balaban J connectivity index is 1.62. The molecule has 0 spiro atoms. The maximum atomic E-state index is 13.1. The van der Waals surface area contributed by atoms with Crippen LogP contribution in [-0.4, -0.2) is 19.9 Å². The second-order valence-electron chi connectivity index (χ2n) is 5.99. The van der Waals surface area contributed by atoms with Gasteiger partial charge in [0.1, 0.15) is 11.6 Å². The van der Waals surface area contributed by atoms with Gasteiger partial charge in [-0.05, 0) is 47.0 Å². The number of rotatable bonds is 4. The van der Waals surface area contributed by atoms with Gasteiger partial charge in [-0.2, -0.15) is 4.98 Å². The number of anilines is 1. The van der Waals surface area contributed by atoms with Gasteiger partial charge >= 0.3 is 5.69 Å². The molecule has 0 fully saturated rings. The topological polar surface area (TPSA) is 80.0 Å². The number of halogens is 1. The number of fused-ring (bicyclic) bond motifs is 1. The molecule has 0 radical (unpaired) electrons. The van der Waals surface area contributed by atoms with Crippen molar-refractivity contribution >= 4 is 16.9 Å². The summed E-state index contributed by atoms with van der Waals surface area (Å²) in [6.45, 7) is 0.418. The monoisotopic (exact) mass is 362 g/mol. The summed E-state index contributed by atoms with van der Waals surface area (Å²) < 4.78 is 13.5. The van der Waals surface area contributed by atoms with Gasteiger partial charge in [-0.25, -0.2) is 14.2 Å².